The van der Waals surface area contributed by atoms with Crippen molar-refractivity contribution in [3.63, 3.8) is 0 Å². The Bertz CT molecular complexity index is 500. The van der Waals surface area contributed by atoms with Crippen LogP contribution in [0, 0.1) is 6.92 Å². The van der Waals surface area contributed by atoms with Gasteiger partial charge < -0.3 is 15.7 Å². The number of amides is 2. The maximum atomic E-state index is 11.9. The van der Waals surface area contributed by atoms with Gasteiger partial charge in [-0.3, -0.25) is 0 Å². The molecule has 1 rings (SSSR count). The number of carboxylic acids is 1. The third kappa shape index (κ3) is 4.49. The van der Waals surface area contributed by atoms with Crippen LogP contribution in [0.3, 0.4) is 0 Å². The fourth-order valence-electron chi connectivity index (χ4n) is 1.35. The average molecular weight is 276 g/mol. The predicted octanol–water partition coefficient (Wildman–Crippen LogP) is 2.38. The van der Waals surface area contributed by atoms with Crippen LogP contribution in [-0.4, -0.2) is 29.8 Å². The summed E-state index contributed by atoms with van der Waals surface area (Å²) in [7, 11) is 0. The zero-order chi connectivity index (χ0) is 14.6. The number of hydrogen-bond donors (Lipinski definition) is 3. The summed E-state index contributed by atoms with van der Waals surface area (Å²) in [6.07, 6.45) is -4.53. The second-order valence-electron chi connectivity index (χ2n) is 3.73. The summed E-state index contributed by atoms with van der Waals surface area (Å²) >= 11 is 0. The van der Waals surface area contributed by atoms with E-state index >= 15 is 0 Å². The van der Waals surface area contributed by atoms with Crippen molar-refractivity contribution in [2.45, 2.75) is 13.1 Å². The molecular weight excluding hydrogens is 265 g/mol. The number of halogens is 3. The molecule has 5 nitrogen and oxygen atoms in total. The molecule has 0 saturated heterocycles. The zero-order valence-corrected chi connectivity index (χ0v) is 9.84. The number of anilines is 1. The maximum absolute atomic E-state index is 11.9. The van der Waals surface area contributed by atoms with Gasteiger partial charge in [-0.15, -0.1) is 0 Å². The molecular formula is C11H11F3N2O3. The van der Waals surface area contributed by atoms with Gasteiger partial charge in [0, 0.05) is 0 Å². The van der Waals surface area contributed by atoms with Crippen molar-refractivity contribution in [1.29, 1.82) is 0 Å². The van der Waals surface area contributed by atoms with Gasteiger partial charge in [-0.25, -0.2) is 9.59 Å². The second-order valence-corrected chi connectivity index (χ2v) is 3.73. The monoisotopic (exact) mass is 276 g/mol. The molecule has 0 fully saturated rings. The van der Waals surface area contributed by atoms with Crippen LogP contribution in [0.1, 0.15) is 15.9 Å². The topological polar surface area (TPSA) is 78.4 Å². The van der Waals surface area contributed by atoms with E-state index in [0.717, 1.165) is 0 Å². The smallest absolute Gasteiger partial charge is 0.405 e. The summed E-state index contributed by atoms with van der Waals surface area (Å²) in [5.41, 5.74) is 0.207. The quantitative estimate of drug-likeness (QED) is 0.793. The molecule has 104 valence electrons. The first-order valence-corrected chi connectivity index (χ1v) is 5.15. The Hall–Kier alpha value is -2.25. The van der Waals surface area contributed by atoms with Crippen molar-refractivity contribution in [2.24, 2.45) is 0 Å². The second kappa shape index (κ2) is 5.59. The zero-order valence-electron chi connectivity index (χ0n) is 9.84. The lowest BCUT2D eigenvalue weighted by Crippen LogP contribution is -2.37. The van der Waals surface area contributed by atoms with Crippen molar-refractivity contribution in [2.75, 3.05) is 11.9 Å². The Morgan fingerprint density at radius 2 is 1.95 bits per heavy atom. The first-order chi connectivity index (χ1) is 8.70. The number of urea groups is 1. The molecule has 0 aliphatic carbocycles. The minimum atomic E-state index is -4.53. The standard InChI is InChI=1S/C11H11F3N2O3/c1-6-3-2-4-7(9(17)18)8(6)16-10(19)15-5-11(12,13)14/h2-4H,5H2,1H3,(H,17,18)(H2,15,16,19). The van der Waals surface area contributed by atoms with Gasteiger partial charge in [-0.2, -0.15) is 13.2 Å². The van der Waals surface area contributed by atoms with Gasteiger partial charge in [0.2, 0.25) is 0 Å². The molecule has 1 aromatic carbocycles. The van der Waals surface area contributed by atoms with E-state index in [1.165, 1.54) is 25.1 Å². The summed E-state index contributed by atoms with van der Waals surface area (Å²) in [6.45, 7) is 0.0406. The van der Waals surface area contributed by atoms with Crippen molar-refractivity contribution in [3.8, 4) is 0 Å². The Balaban J connectivity index is 2.82. The van der Waals surface area contributed by atoms with Crippen molar-refractivity contribution in [1.82, 2.24) is 5.32 Å². The van der Waals surface area contributed by atoms with Crippen LogP contribution < -0.4 is 10.6 Å². The highest BCUT2D eigenvalue weighted by Crippen LogP contribution is 2.20. The third-order valence-corrected chi connectivity index (χ3v) is 2.19. The number of rotatable bonds is 3. The first-order valence-electron chi connectivity index (χ1n) is 5.15. The Labute approximate surface area is 106 Å². The van der Waals surface area contributed by atoms with E-state index in [9.17, 15) is 22.8 Å². The lowest BCUT2D eigenvalue weighted by Gasteiger charge is -2.13. The molecule has 0 radical (unpaired) electrons. The van der Waals surface area contributed by atoms with E-state index in [-0.39, 0.29) is 11.3 Å². The van der Waals surface area contributed by atoms with E-state index < -0.39 is 24.7 Å². The summed E-state index contributed by atoms with van der Waals surface area (Å²) < 4.78 is 35.7. The van der Waals surface area contributed by atoms with Gasteiger partial charge in [-0.05, 0) is 18.6 Å². The van der Waals surface area contributed by atoms with E-state index in [2.05, 4.69) is 5.32 Å². The number of hydrogen-bond acceptors (Lipinski definition) is 2. The number of carboxylic acid groups (broad SMARTS) is 1. The summed E-state index contributed by atoms with van der Waals surface area (Å²) in [4.78, 5) is 22.2. The van der Waals surface area contributed by atoms with Crippen molar-refractivity contribution in [3.05, 3.63) is 29.3 Å². The molecule has 0 saturated carbocycles. The highest BCUT2D eigenvalue weighted by Gasteiger charge is 2.28. The Morgan fingerprint density at radius 3 is 2.47 bits per heavy atom. The third-order valence-electron chi connectivity index (χ3n) is 2.19. The number of nitrogens with one attached hydrogen (secondary N) is 2. The lowest BCUT2D eigenvalue weighted by atomic mass is 10.1. The largest absolute Gasteiger partial charge is 0.478 e. The molecule has 2 amide bonds. The van der Waals surface area contributed by atoms with E-state index in [1.54, 1.807) is 5.32 Å². The number of benzene rings is 1. The molecule has 19 heavy (non-hydrogen) atoms. The highest BCUT2D eigenvalue weighted by molar-refractivity contribution is 6.00. The number of para-hydroxylation sites is 1. The first kappa shape index (κ1) is 14.8. The number of aromatic carboxylic acids is 1. The van der Waals surface area contributed by atoms with Crippen LogP contribution in [0.15, 0.2) is 18.2 Å². The summed E-state index contributed by atoms with van der Waals surface area (Å²) in [5, 5.41) is 12.6. The SMILES string of the molecule is Cc1cccc(C(=O)O)c1NC(=O)NCC(F)(F)F. The van der Waals surface area contributed by atoms with Gasteiger partial charge >= 0.3 is 18.2 Å². The number of carbonyl (C=O) groups excluding carboxylic acids is 1. The molecule has 3 N–H and O–H groups in total. The molecule has 0 aliphatic rings. The van der Waals surface area contributed by atoms with Gasteiger partial charge in [-0.1, -0.05) is 12.1 Å². The number of aryl methyl sites for hydroxylation is 1. The van der Waals surface area contributed by atoms with Crippen LogP contribution in [0.5, 0.6) is 0 Å². The Morgan fingerprint density at radius 1 is 1.32 bits per heavy atom. The van der Waals surface area contributed by atoms with Crippen LogP contribution in [0.25, 0.3) is 0 Å². The van der Waals surface area contributed by atoms with Gasteiger partial charge in [0.05, 0.1) is 11.3 Å². The minimum Gasteiger partial charge on any atom is -0.478 e. The molecule has 0 unspecified atom stereocenters. The minimum absolute atomic E-state index is 0.0327. The highest BCUT2D eigenvalue weighted by atomic mass is 19.4. The van der Waals surface area contributed by atoms with E-state index in [4.69, 9.17) is 5.11 Å². The maximum Gasteiger partial charge on any atom is 0.405 e. The fourth-order valence-corrected chi connectivity index (χ4v) is 1.35. The number of carbonyl (C=O) groups is 2. The molecule has 0 atom stereocenters. The fraction of sp³-hybridized carbons (Fsp3) is 0.273. The molecule has 8 heteroatoms. The average Bonchev–Trinajstić information content (AvgIpc) is 2.28. The van der Waals surface area contributed by atoms with Crippen LogP contribution in [0.4, 0.5) is 23.7 Å². The Kier molecular flexibility index (Phi) is 4.36. The van der Waals surface area contributed by atoms with Gasteiger partial charge in [0.25, 0.3) is 0 Å². The van der Waals surface area contributed by atoms with E-state index in [1.807, 2.05) is 0 Å². The molecule has 0 spiro atoms. The van der Waals surface area contributed by atoms with Crippen molar-refractivity contribution >= 4 is 17.7 Å². The molecule has 0 aromatic heterocycles. The van der Waals surface area contributed by atoms with Gasteiger partial charge in [0.1, 0.15) is 6.54 Å². The predicted molar refractivity (Wildman–Crippen MR) is 61.2 cm³/mol. The lowest BCUT2D eigenvalue weighted by molar-refractivity contribution is -0.122. The normalized spacial score (nSPS) is 10.9. The number of alkyl halides is 3. The van der Waals surface area contributed by atoms with Crippen LogP contribution >= 0.6 is 0 Å². The summed E-state index contributed by atoms with van der Waals surface area (Å²) in [6, 6.07) is 3.13. The van der Waals surface area contributed by atoms with E-state index in [0.29, 0.717) is 5.56 Å². The molecule has 1 aromatic rings. The van der Waals surface area contributed by atoms with Crippen LogP contribution in [-0.2, 0) is 0 Å². The molecule has 0 aliphatic heterocycles. The van der Waals surface area contributed by atoms with Crippen molar-refractivity contribution < 1.29 is 27.9 Å². The summed E-state index contributed by atoms with van der Waals surface area (Å²) in [5.74, 6) is -1.28. The van der Waals surface area contributed by atoms with Crippen LogP contribution in [0.2, 0.25) is 0 Å². The van der Waals surface area contributed by atoms with Gasteiger partial charge in [0.15, 0.2) is 0 Å². The molecule has 0 bridgehead atoms. The molecule has 0 heterocycles.